The molecule has 7 nitrogen and oxygen atoms in total. The predicted molar refractivity (Wildman–Crippen MR) is 137 cm³/mol. The van der Waals surface area contributed by atoms with E-state index in [0.29, 0.717) is 0 Å². The van der Waals surface area contributed by atoms with Crippen LogP contribution in [0.5, 0.6) is 5.75 Å². The average Bonchev–Trinajstić information content (AvgIpc) is 3.53. The summed E-state index contributed by atoms with van der Waals surface area (Å²) in [5, 5.41) is 2.86. The molecule has 0 radical (unpaired) electrons. The number of anilines is 3. The van der Waals surface area contributed by atoms with Crippen LogP contribution in [-0.4, -0.2) is 59.2 Å². The maximum absolute atomic E-state index is 16.3. The summed E-state index contributed by atoms with van der Waals surface area (Å²) in [6.45, 7) is -0.870. The number of alkyl halides is 3. The number of benzene rings is 1. The molecule has 0 bridgehead atoms. The largest absolute Gasteiger partial charge is 0.435 e. The van der Waals surface area contributed by atoms with Crippen molar-refractivity contribution in [2.45, 2.75) is 37.6 Å². The van der Waals surface area contributed by atoms with Crippen LogP contribution in [0.4, 0.5) is 39.3 Å². The van der Waals surface area contributed by atoms with Crippen molar-refractivity contribution in [1.82, 2.24) is 14.9 Å². The standard InChI is InChI=1S/C27H23ClF5N5O2/c1-27(16-3-2-4-17(28)22(16)30)12-38(20-7-14(5-6-34-20)40-26(32)33)19-9-35-24(23(31)21(19)27)36-13-10-37(11-13)25(39)15-8-18(15)29/h2-7,9,13,15,18,26H,8,10-12H2,1H3,(H,35,36)/t15?,18?,27-/m1/s1. The first kappa shape index (κ1) is 26.5. The van der Waals surface area contributed by atoms with Crippen LogP contribution >= 0.6 is 11.6 Å². The van der Waals surface area contributed by atoms with Gasteiger partial charge in [-0.2, -0.15) is 8.78 Å². The summed E-state index contributed by atoms with van der Waals surface area (Å²) < 4.78 is 75.1. The van der Waals surface area contributed by atoms with Gasteiger partial charge in [-0.05, 0) is 25.5 Å². The molecule has 1 saturated carbocycles. The maximum atomic E-state index is 16.3. The number of likely N-dealkylation sites (tertiary alicyclic amines) is 1. The van der Waals surface area contributed by atoms with Gasteiger partial charge in [-0.3, -0.25) is 4.79 Å². The molecule has 2 aliphatic heterocycles. The Morgan fingerprint density at radius 1 is 1.20 bits per heavy atom. The molecule has 4 heterocycles. The van der Waals surface area contributed by atoms with Gasteiger partial charge in [-0.15, -0.1) is 0 Å². The molecule has 1 aliphatic carbocycles. The minimum atomic E-state index is -3.06. The van der Waals surface area contributed by atoms with E-state index in [-0.39, 0.29) is 77.2 Å². The summed E-state index contributed by atoms with van der Waals surface area (Å²) in [5.41, 5.74) is -0.789. The number of nitrogens with one attached hydrogen (secondary N) is 1. The van der Waals surface area contributed by atoms with E-state index in [9.17, 15) is 18.0 Å². The number of amides is 1. The third kappa shape index (κ3) is 4.47. The fraction of sp³-hybridized carbons (Fsp3) is 0.370. The van der Waals surface area contributed by atoms with Crippen LogP contribution < -0.4 is 15.0 Å². The summed E-state index contributed by atoms with van der Waals surface area (Å²) in [6.07, 6.45) is 1.81. The summed E-state index contributed by atoms with van der Waals surface area (Å²) in [4.78, 5) is 23.8. The first-order valence-electron chi connectivity index (χ1n) is 12.6. The van der Waals surface area contributed by atoms with E-state index < -0.39 is 35.8 Å². The number of halogens is 6. The second-order valence-electron chi connectivity index (χ2n) is 10.4. The van der Waals surface area contributed by atoms with Crippen molar-refractivity contribution in [3.05, 3.63) is 70.5 Å². The van der Waals surface area contributed by atoms with E-state index in [1.54, 1.807) is 17.9 Å². The van der Waals surface area contributed by atoms with E-state index in [4.69, 9.17) is 11.6 Å². The lowest BCUT2D eigenvalue weighted by atomic mass is 9.77. The summed E-state index contributed by atoms with van der Waals surface area (Å²) in [6, 6.07) is 6.69. The van der Waals surface area contributed by atoms with Crippen LogP contribution in [0.1, 0.15) is 24.5 Å². The van der Waals surface area contributed by atoms with Gasteiger partial charge >= 0.3 is 6.61 Å². The van der Waals surface area contributed by atoms with Crippen molar-refractivity contribution in [3.8, 4) is 5.75 Å². The Balaban J connectivity index is 1.36. The first-order valence-corrected chi connectivity index (χ1v) is 13.0. The first-order chi connectivity index (χ1) is 19.1. The van der Waals surface area contributed by atoms with Gasteiger partial charge in [-0.1, -0.05) is 23.7 Å². The maximum Gasteiger partial charge on any atom is 0.387 e. The molecule has 1 aromatic carbocycles. The topological polar surface area (TPSA) is 70.6 Å². The second kappa shape index (κ2) is 9.76. The third-order valence-corrected chi connectivity index (χ3v) is 7.94. The van der Waals surface area contributed by atoms with Gasteiger partial charge in [0.05, 0.1) is 28.9 Å². The highest BCUT2D eigenvalue weighted by atomic mass is 35.5. The molecule has 2 fully saturated rings. The van der Waals surface area contributed by atoms with E-state index in [1.165, 1.54) is 41.6 Å². The van der Waals surface area contributed by atoms with Crippen LogP contribution in [-0.2, 0) is 10.2 Å². The molecule has 2 unspecified atom stereocenters. The van der Waals surface area contributed by atoms with Gasteiger partial charge in [0, 0.05) is 48.4 Å². The number of rotatable bonds is 7. The van der Waals surface area contributed by atoms with Crippen molar-refractivity contribution in [1.29, 1.82) is 0 Å². The van der Waals surface area contributed by atoms with E-state index in [0.717, 1.165) is 0 Å². The Morgan fingerprint density at radius 2 is 1.95 bits per heavy atom. The number of ether oxygens (including phenoxy) is 1. The Kier molecular flexibility index (Phi) is 6.47. The average molecular weight is 580 g/mol. The molecule has 1 amide bonds. The molecular formula is C27H23ClF5N5O2. The molecule has 6 rings (SSSR count). The van der Waals surface area contributed by atoms with Gasteiger partial charge in [0.25, 0.3) is 0 Å². The number of aromatic nitrogens is 2. The highest BCUT2D eigenvalue weighted by Crippen LogP contribution is 2.51. The van der Waals surface area contributed by atoms with Crippen LogP contribution in [0.3, 0.4) is 0 Å². The van der Waals surface area contributed by atoms with Crippen LogP contribution in [0.15, 0.2) is 42.7 Å². The molecule has 3 atom stereocenters. The fourth-order valence-electron chi connectivity index (χ4n) is 5.46. The summed E-state index contributed by atoms with van der Waals surface area (Å²) in [7, 11) is 0. The highest BCUT2D eigenvalue weighted by molar-refractivity contribution is 6.30. The molecule has 2 aromatic heterocycles. The normalized spacial score (nSPS) is 23.7. The molecular weight excluding hydrogens is 557 g/mol. The number of carbonyl (C=O) groups is 1. The van der Waals surface area contributed by atoms with Gasteiger partial charge in [0.15, 0.2) is 11.6 Å². The van der Waals surface area contributed by atoms with Crippen LogP contribution in [0, 0.1) is 17.6 Å². The Hall–Kier alpha value is -3.67. The third-order valence-electron chi connectivity index (χ3n) is 7.64. The van der Waals surface area contributed by atoms with E-state index in [2.05, 4.69) is 20.0 Å². The monoisotopic (exact) mass is 579 g/mol. The lowest BCUT2D eigenvalue weighted by Crippen LogP contribution is -2.57. The van der Waals surface area contributed by atoms with E-state index in [1.807, 2.05) is 0 Å². The number of nitrogens with zero attached hydrogens (tertiary/aromatic N) is 4. The summed E-state index contributed by atoms with van der Waals surface area (Å²) in [5.74, 6) is -2.36. The highest BCUT2D eigenvalue weighted by Gasteiger charge is 2.49. The SMILES string of the molecule is C[C@]1(c2cccc(Cl)c2F)CN(c2cc(OC(F)F)ccn2)c2cnc(NC3CN(C(=O)C4CC4F)C3)c(F)c21. The molecule has 0 spiro atoms. The molecule has 1 saturated heterocycles. The molecule has 3 aromatic rings. The van der Waals surface area contributed by atoms with Gasteiger partial charge < -0.3 is 19.9 Å². The van der Waals surface area contributed by atoms with Crippen molar-refractivity contribution in [3.63, 3.8) is 0 Å². The van der Waals surface area contributed by atoms with Crippen molar-refractivity contribution >= 4 is 34.8 Å². The lowest BCUT2D eigenvalue weighted by Gasteiger charge is -2.40. The second-order valence-corrected chi connectivity index (χ2v) is 10.8. The van der Waals surface area contributed by atoms with Crippen LogP contribution in [0.25, 0.3) is 0 Å². The number of hydrogen-bond acceptors (Lipinski definition) is 6. The number of carbonyl (C=O) groups excluding carboxylic acids is 1. The Morgan fingerprint density at radius 3 is 2.65 bits per heavy atom. The van der Waals surface area contributed by atoms with Gasteiger partial charge in [0.2, 0.25) is 5.91 Å². The van der Waals surface area contributed by atoms with Crippen molar-refractivity contribution < 1.29 is 31.5 Å². The number of pyridine rings is 2. The molecule has 40 heavy (non-hydrogen) atoms. The molecule has 13 heteroatoms. The zero-order valence-corrected chi connectivity index (χ0v) is 21.8. The zero-order valence-electron chi connectivity index (χ0n) is 21.1. The fourth-order valence-corrected chi connectivity index (χ4v) is 5.64. The van der Waals surface area contributed by atoms with Gasteiger partial charge in [-0.25, -0.2) is 23.1 Å². The van der Waals surface area contributed by atoms with Crippen molar-refractivity contribution in [2.75, 3.05) is 29.9 Å². The van der Waals surface area contributed by atoms with Gasteiger partial charge in [0.1, 0.15) is 23.6 Å². The Bertz CT molecular complexity index is 1490. The molecule has 1 N–H and O–H groups in total. The lowest BCUT2D eigenvalue weighted by molar-refractivity contribution is -0.136. The zero-order chi connectivity index (χ0) is 28.3. The smallest absolute Gasteiger partial charge is 0.387 e. The minimum Gasteiger partial charge on any atom is -0.435 e. The summed E-state index contributed by atoms with van der Waals surface area (Å²) >= 11 is 6.08. The molecule has 210 valence electrons. The minimum absolute atomic E-state index is 0.00965. The number of hydrogen-bond donors (Lipinski definition) is 1. The quantitative estimate of drug-likeness (QED) is 0.376. The van der Waals surface area contributed by atoms with Crippen molar-refractivity contribution in [2.24, 2.45) is 5.92 Å². The van der Waals surface area contributed by atoms with Crippen LogP contribution in [0.2, 0.25) is 5.02 Å². The Labute approximate surface area is 230 Å². The predicted octanol–water partition coefficient (Wildman–Crippen LogP) is 5.45. The number of fused-ring (bicyclic) bond motifs is 1. The molecule has 3 aliphatic rings. The van der Waals surface area contributed by atoms with E-state index >= 15 is 8.78 Å².